The minimum atomic E-state index is -0.108. The van der Waals surface area contributed by atoms with Crippen LogP contribution in [-0.2, 0) is 4.74 Å². The summed E-state index contributed by atoms with van der Waals surface area (Å²) < 4.78 is 5.41. The molecule has 2 N–H and O–H groups in total. The predicted molar refractivity (Wildman–Crippen MR) is 87.7 cm³/mol. The highest BCUT2D eigenvalue weighted by molar-refractivity contribution is 5.91. The molecule has 1 amide bonds. The molecule has 0 aliphatic carbocycles. The maximum Gasteiger partial charge on any atom is 0.291 e. The third kappa shape index (κ3) is 3.45. The zero-order chi connectivity index (χ0) is 16.4. The standard InChI is InChI=1S/C16H25N5O2/c1-11-12(2)18-14(16(22)20-5-3-8-23-9-7-20)19-15(11)21-6-4-13(17)10-21/h13H,3-10,17H2,1-2H3/t13-/m1/s1. The zero-order valence-electron chi connectivity index (χ0n) is 13.9. The van der Waals surface area contributed by atoms with E-state index in [1.807, 2.05) is 13.8 Å². The van der Waals surface area contributed by atoms with E-state index in [2.05, 4.69) is 14.9 Å². The van der Waals surface area contributed by atoms with Gasteiger partial charge in [-0.3, -0.25) is 4.79 Å². The molecule has 0 unspecified atom stereocenters. The van der Waals surface area contributed by atoms with Gasteiger partial charge in [0.05, 0.1) is 6.61 Å². The van der Waals surface area contributed by atoms with E-state index in [1.54, 1.807) is 4.90 Å². The number of amides is 1. The summed E-state index contributed by atoms with van der Waals surface area (Å²) in [7, 11) is 0. The third-order valence-electron chi connectivity index (χ3n) is 4.59. The molecule has 0 spiro atoms. The lowest BCUT2D eigenvalue weighted by molar-refractivity contribution is 0.0729. The molecule has 1 aromatic rings. The van der Waals surface area contributed by atoms with Gasteiger partial charge in [0.25, 0.3) is 5.91 Å². The fourth-order valence-electron chi connectivity index (χ4n) is 3.09. The van der Waals surface area contributed by atoms with Gasteiger partial charge in [0.1, 0.15) is 5.82 Å². The number of hydrogen-bond donors (Lipinski definition) is 1. The fraction of sp³-hybridized carbons (Fsp3) is 0.688. The van der Waals surface area contributed by atoms with Gasteiger partial charge in [-0.25, -0.2) is 9.97 Å². The summed E-state index contributed by atoms with van der Waals surface area (Å²) in [5, 5.41) is 0. The highest BCUT2D eigenvalue weighted by Gasteiger charge is 2.26. The van der Waals surface area contributed by atoms with E-state index in [0.29, 0.717) is 26.3 Å². The average molecular weight is 319 g/mol. The number of anilines is 1. The number of aryl methyl sites for hydroxylation is 1. The normalized spacial score (nSPS) is 22.3. The second kappa shape index (κ2) is 6.80. The van der Waals surface area contributed by atoms with Crippen molar-refractivity contribution in [1.29, 1.82) is 0 Å². The molecule has 7 heteroatoms. The van der Waals surface area contributed by atoms with E-state index in [4.69, 9.17) is 10.5 Å². The van der Waals surface area contributed by atoms with Crippen LogP contribution in [0, 0.1) is 13.8 Å². The van der Waals surface area contributed by atoms with Crippen molar-refractivity contribution in [2.45, 2.75) is 32.7 Å². The molecule has 0 bridgehead atoms. The van der Waals surface area contributed by atoms with Crippen LogP contribution >= 0.6 is 0 Å². The second-order valence-electron chi connectivity index (χ2n) is 6.33. The van der Waals surface area contributed by atoms with Gasteiger partial charge >= 0.3 is 0 Å². The number of aromatic nitrogens is 2. The van der Waals surface area contributed by atoms with Gasteiger partial charge in [-0.05, 0) is 26.7 Å². The summed E-state index contributed by atoms with van der Waals surface area (Å²) in [6.07, 6.45) is 1.81. The topological polar surface area (TPSA) is 84.6 Å². The van der Waals surface area contributed by atoms with E-state index < -0.39 is 0 Å². The number of nitrogens with two attached hydrogens (primary N) is 1. The van der Waals surface area contributed by atoms with E-state index in [-0.39, 0.29) is 17.8 Å². The molecule has 2 aliphatic rings. The summed E-state index contributed by atoms with van der Waals surface area (Å²) in [5.41, 5.74) is 7.88. The lowest BCUT2D eigenvalue weighted by atomic mass is 10.2. The van der Waals surface area contributed by atoms with Crippen molar-refractivity contribution in [2.75, 3.05) is 44.3 Å². The highest BCUT2D eigenvalue weighted by atomic mass is 16.5. The Morgan fingerprint density at radius 3 is 2.78 bits per heavy atom. The van der Waals surface area contributed by atoms with Crippen LogP contribution < -0.4 is 10.6 Å². The molecule has 126 valence electrons. The van der Waals surface area contributed by atoms with Gasteiger partial charge in [0.2, 0.25) is 5.82 Å². The number of hydrogen-bond acceptors (Lipinski definition) is 6. The molecule has 0 saturated carbocycles. The molecule has 1 atom stereocenters. The zero-order valence-corrected chi connectivity index (χ0v) is 13.9. The third-order valence-corrected chi connectivity index (χ3v) is 4.59. The van der Waals surface area contributed by atoms with Gasteiger partial charge in [-0.15, -0.1) is 0 Å². The summed E-state index contributed by atoms with van der Waals surface area (Å²) in [5.74, 6) is 1.02. The first-order valence-corrected chi connectivity index (χ1v) is 8.29. The van der Waals surface area contributed by atoms with Crippen LogP contribution in [0.15, 0.2) is 0 Å². The lowest BCUT2D eigenvalue weighted by Crippen LogP contribution is -2.35. The first-order chi connectivity index (χ1) is 11.1. The molecule has 3 heterocycles. The van der Waals surface area contributed by atoms with Crippen LogP contribution in [0.25, 0.3) is 0 Å². The Bertz CT molecular complexity index is 584. The van der Waals surface area contributed by atoms with Crippen molar-refractivity contribution in [3.8, 4) is 0 Å². The molecule has 1 aromatic heterocycles. The fourth-order valence-corrected chi connectivity index (χ4v) is 3.09. The van der Waals surface area contributed by atoms with Crippen molar-refractivity contribution in [2.24, 2.45) is 5.73 Å². The maximum absolute atomic E-state index is 12.7. The van der Waals surface area contributed by atoms with Crippen molar-refractivity contribution in [3.05, 3.63) is 17.1 Å². The van der Waals surface area contributed by atoms with Crippen LogP contribution in [-0.4, -0.2) is 66.2 Å². The van der Waals surface area contributed by atoms with Crippen molar-refractivity contribution in [1.82, 2.24) is 14.9 Å². The molecule has 3 rings (SSSR count). The number of carbonyl (C=O) groups is 1. The predicted octanol–water partition coefficient (Wildman–Crippen LogP) is 0.493. The van der Waals surface area contributed by atoms with Gasteiger partial charge < -0.3 is 20.3 Å². The first-order valence-electron chi connectivity index (χ1n) is 8.29. The molecule has 2 fully saturated rings. The largest absolute Gasteiger partial charge is 0.380 e. The quantitative estimate of drug-likeness (QED) is 0.854. The Morgan fingerprint density at radius 1 is 1.22 bits per heavy atom. The Labute approximate surface area is 136 Å². The smallest absolute Gasteiger partial charge is 0.291 e. The second-order valence-corrected chi connectivity index (χ2v) is 6.33. The number of nitrogens with zero attached hydrogens (tertiary/aromatic N) is 4. The Hall–Kier alpha value is -1.73. The van der Waals surface area contributed by atoms with Crippen molar-refractivity contribution >= 4 is 11.7 Å². The van der Waals surface area contributed by atoms with Crippen LogP contribution in [0.1, 0.15) is 34.7 Å². The Balaban J connectivity index is 1.87. The summed E-state index contributed by atoms with van der Waals surface area (Å²) in [4.78, 5) is 25.7. The van der Waals surface area contributed by atoms with E-state index >= 15 is 0 Å². The number of carbonyl (C=O) groups excluding carboxylic acids is 1. The van der Waals surface area contributed by atoms with Gasteiger partial charge in [0, 0.05) is 50.1 Å². The van der Waals surface area contributed by atoms with Crippen LogP contribution in [0.3, 0.4) is 0 Å². The number of rotatable bonds is 2. The van der Waals surface area contributed by atoms with Crippen molar-refractivity contribution < 1.29 is 9.53 Å². The summed E-state index contributed by atoms with van der Waals surface area (Å²) >= 11 is 0. The lowest BCUT2D eigenvalue weighted by Gasteiger charge is -2.23. The maximum atomic E-state index is 12.7. The monoisotopic (exact) mass is 319 g/mol. The van der Waals surface area contributed by atoms with E-state index in [9.17, 15) is 4.79 Å². The van der Waals surface area contributed by atoms with Gasteiger partial charge in [-0.2, -0.15) is 0 Å². The highest BCUT2D eigenvalue weighted by Crippen LogP contribution is 2.23. The Kier molecular flexibility index (Phi) is 4.77. The average Bonchev–Trinajstić information content (AvgIpc) is 2.80. The molecular formula is C16H25N5O2. The van der Waals surface area contributed by atoms with Crippen LogP contribution in [0.4, 0.5) is 5.82 Å². The summed E-state index contributed by atoms with van der Waals surface area (Å²) in [6, 6.07) is 0.173. The van der Waals surface area contributed by atoms with Crippen LogP contribution in [0.2, 0.25) is 0 Å². The molecule has 23 heavy (non-hydrogen) atoms. The minimum absolute atomic E-state index is 0.108. The molecule has 0 aromatic carbocycles. The SMILES string of the molecule is Cc1nc(C(=O)N2CCCOCC2)nc(N2CC[C@@H](N)C2)c1C. The molecule has 2 aliphatic heterocycles. The van der Waals surface area contributed by atoms with Gasteiger partial charge in [0.15, 0.2) is 0 Å². The van der Waals surface area contributed by atoms with E-state index in [0.717, 1.165) is 43.0 Å². The van der Waals surface area contributed by atoms with E-state index in [1.165, 1.54) is 0 Å². The number of ether oxygens (including phenoxy) is 1. The van der Waals surface area contributed by atoms with Crippen LogP contribution in [0.5, 0.6) is 0 Å². The van der Waals surface area contributed by atoms with Crippen molar-refractivity contribution in [3.63, 3.8) is 0 Å². The summed E-state index contributed by atoms with van der Waals surface area (Å²) in [6.45, 7) is 8.16. The Morgan fingerprint density at radius 2 is 2.04 bits per heavy atom. The first kappa shape index (κ1) is 16.1. The molecular weight excluding hydrogens is 294 g/mol. The molecule has 0 radical (unpaired) electrons. The molecule has 7 nitrogen and oxygen atoms in total. The van der Waals surface area contributed by atoms with Gasteiger partial charge in [-0.1, -0.05) is 0 Å². The molecule has 2 saturated heterocycles. The minimum Gasteiger partial charge on any atom is -0.380 e.